The van der Waals surface area contributed by atoms with Crippen molar-refractivity contribution in [1.82, 2.24) is 0 Å². The molecule has 0 spiro atoms. The van der Waals surface area contributed by atoms with Crippen LogP contribution in [-0.4, -0.2) is 14.9 Å². The Labute approximate surface area is 123 Å². The Morgan fingerprint density at radius 2 is 0.895 bits per heavy atom. The Bertz CT molecular complexity index is 238. The lowest BCUT2D eigenvalue weighted by Gasteiger charge is -2.60. The molecule has 0 aliphatic rings. The average molecular weight is 287 g/mol. The molecule has 0 heterocycles. The van der Waals surface area contributed by atoms with Gasteiger partial charge in [0.05, 0.1) is 0 Å². The molecule has 0 aromatic heterocycles. The van der Waals surface area contributed by atoms with Crippen LogP contribution >= 0.6 is 0 Å². The molecule has 0 aliphatic heterocycles. The molecule has 0 aliphatic carbocycles. The van der Waals surface area contributed by atoms with Gasteiger partial charge in [0.25, 0.3) is 0 Å². The second-order valence-electron chi connectivity index (χ2n) is 7.83. The summed E-state index contributed by atoms with van der Waals surface area (Å²) >= 11 is 0. The van der Waals surface area contributed by atoms with Crippen molar-refractivity contribution >= 4 is 8.32 Å². The van der Waals surface area contributed by atoms with Crippen molar-refractivity contribution in [2.75, 3.05) is 6.61 Å². The third kappa shape index (κ3) is 2.95. The molecule has 19 heavy (non-hydrogen) atoms. The molecule has 0 saturated carbocycles. The van der Waals surface area contributed by atoms with Crippen molar-refractivity contribution in [3.05, 3.63) is 0 Å². The second-order valence-corrected chi connectivity index (χ2v) is 13.5. The summed E-state index contributed by atoms with van der Waals surface area (Å²) in [7, 11) is -1.98. The number of hydrogen-bond donors (Lipinski definition) is 0. The first kappa shape index (κ1) is 19.2. The van der Waals surface area contributed by atoms with Crippen molar-refractivity contribution in [1.29, 1.82) is 0 Å². The predicted molar refractivity (Wildman–Crippen MR) is 90.4 cm³/mol. The third-order valence-electron chi connectivity index (χ3n) is 5.87. The van der Waals surface area contributed by atoms with Crippen LogP contribution in [0.1, 0.15) is 88.5 Å². The minimum Gasteiger partial charge on any atom is -0.415 e. The summed E-state index contributed by atoms with van der Waals surface area (Å²) in [5, 5.41) is 0.881. The summed E-state index contributed by atoms with van der Waals surface area (Å²) in [6, 6.07) is 0. The second kappa shape index (κ2) is 6.30. The normalized spacial score (nSPS) is 14.8. The first-order chi connectivity index (χ1) is 8.49. The molecular weight excluding hydrogens is 248 g/mol. The van der Waals surface area contributed by atoms with Crippen LogP contribution in [0.4, 0.5) is 0 Å². The summed E-state index contributed by atoms with van der Waals surface area (Å²) in [5.41, 5.74) is 0. The summed E-state index contributed by atoms with van der Waals surface area (Å²) in [4.78, 5) is 0. The lowest BCUT2D eigenvalue weighted by atomic mass is 10.1. The molecule has 0 aromatic rings. The molecule has 0 N–H and O–H groups in total. The van der Waals surface area contributed by atoms with Crippen LogP contribution in [0.3, 0.4) is 0 Å². The van der Waals surface area contributed by atoms with Gasteiger partial charge in [0.15, 0.2) is 0 Å². The largest absolute Gasteiger partial charge is 0.415 e. The Hall–Kier alpha value is 0.177. The van der Waals surface area contributed by atoms with Crippen molar-refractivity contribution in [2.45, 2.75) is 104 Å². The smallest absolute Gasteiger partial charge is 0.209 e. The van der Waals surface area contributed by atoms with Gasteiger partial charge in [0.1, 0.15) is 0 Å². The molecule has 0 fully saturated rings. The first-order valence-electron chi connectivity index (χ1n) is 8.13. The lowest BCUT2D eigenvalue weighted by molar-refractivity contribution is 0.229. The minimum atomic E-state index is -1.98. The lowest BCUT2D eigenvalue weighted by Crippen LogP contribution is -2.62. The van der Waals surface area contributed by atoms with E-state index >= 15 is 0 Å². The van der Waals surface area contributed by atoms with E-state index in [-0.39, 0.29) is 0 Å². The molecule has 0 bridgehead atoms. The Morgan fingerprint density at radius 3 is 1.05 bits per heavy atom. The van der Waals surface area contributed by atoms with Gasteiger partial charge in [-0.05, 0) is 22.0 Å². The predicted octanol–water partition coefficient (Wildman–Crippen LogP) is 6.54. The molecular formula is C17H38OSi. The highest BCUT2D eigenvalue weighted by Crippen LogP contribution is 2.66. The van der Waals surface area contributed by atoms with Crippen LogP contribution in [0.15, 0.2) is 0 Å². The van der Waals surface area contributed by atoms with E-state index in [9.17, 15) is 0 Å². The topological polar surface area (TPSA) is 9.23 Å². The van der Waals surface area contributed by atoms with E-state index < -0.39 is 8.32 Å². The summed E-state index contributed by atoms with van der Waals surface area (Å²) < 4.78 is 6.74. The maximum absolute atomic E-state index is 6.74. The zero-order valence-corrected chi connectivity index (χ0v) is 16.2. The molecule has 0 saturated heterocycles. The van der Waals surface area contributed by atoms with E-state index in [1.807, 2.05) is 0 Å². The van der Waals surface area contributed by atoms with Crippen molar-refractivity contribution in [3.8, 4) is 0 Å². The quantitative estimate of drug-likeness (QED) is 0.460. The monoisotopic (exact) mass is 286 g/mol. The molecule has 0 atom stereocenters. The highest BCUT2D eigenvalue weighted by molar-refractivity contribution is 6.82. The van der Waals surface area contributed by atoms with Crippen LogP contribution in [-0.2, 0) is 4.43 Å². The van der Waals surface area contributed by atoms with E-state index in [1.165, 1.54) is 19.3 Å². The van der Waals surface area contributed by atoms with Crippen LogP contribution < -0.4 is 0 Å². The average Bonchev–Trinajstić information content (AvgIpc) is 2.34. The van der Waals surface area contributed by atoms with E-state index in [0.717, 1.165) is 6.61 Å². The highest BCUT2D eigenvalue weighted by atomic mass is 28.4. The number of rotatable bonds is 8. The Balaban J connectivity index is 6.22. The molecule has 2 heteroatoms. The van der Waals surface area contributed by atoms with Gasteiger partial charge < -0.3 is 4.43 Å². The summed E-state index contributed by atoms with van der Waals surface area (Å²) in [6.45, 7) is 24.7. The Kier molecular flexibility index (Phi) is 6.36. The zero-order valence-electron chi connectivity index (χ0n) is 15.2. The van der Waals surface area contributed by atoms with E-state index in [0.29, 0.717) is 15.1 Å². The van der Waals surface area contributed by atoms with Gasteiger partial charge in [-0.25, -0.2) is 0 Å². The van der Waals surface area contributed by atoms with Gasteiger partial charge in [-0.1, -0.05) is 81.6 Å². The van der Waals surface area contributed by atoms with E-state index in [1.54, 1.807) is 0 Å². The third-order valence-corrected chi connectivity index (χ3v) is 13.4. The molecule has 116 valence electrons. The highest BCUT2D eigenvalue weighted by Gasteiger charge is 2.64. The van der Waals surface area contributed by atoms with E-state index in [4.69, 9.17) is 4.43 Å². The fourth-order valence-corrected chi connectivity index (χ4v) is 12.9. The molecule has 1 nitrogen and oxygen atoms in total. The van der Waals surface area contributed by atoms with Crippen molar-refractivity contribution < 1.29 is 4.43 Å². The van der Waals surface area contributed by atoms with Gasteiger partial charge in [-0.3, -0.25) is 0 Å². The van der Waals surface area contributed by atoms with Crippen LogP contribution in [0, 0.1) is 0 Å². The van der Waals surface area contributed by atoms with Gasteiger partial charge in [0, 0.05) is 6.61 Å². The summed E-state index contributed by atoms with van der Waals surface area (Å²) in [5.74, 6) is 0. The van der Waals surface area contributed by atoms with Gasteiger partial charge in [0.2, 0.25) is 8.32 Å². The molecule has 0 amide bonds. The first-order valence-corrected chi connectivity index (χ1v) is 10.0. The molecule has 0 aromatic carbocycles. The number of hydrogen-bond acceptors (Lipinski definition) is 1. The van der Waals surface area contributed by atoms with Crippen LogP contribution in [0.25, 0.3) is 0 Å². The van der Waals surface area contributed by atoms with Crippen molar-refractivity contribution in [2.24, 2.45) is 0 Å². The Morgan fingerprint density at radius 1 is 0.632 bits per heavy atom. The van der Waals surface area contributed by atoms with Crippen LogP contribution in [0.2, 0.25) is 15.1 Å². The van der Waals surface area contributed by atoms with Gasteiger partial charge >= 0.3 is 0 Å². The fourth-order valence-electron chi connectivity index (χ4n) is 4.30. The van der Waals surface area contributed by atoms with Gasteiger partial charge in [-0.2, -0.15) is 0 Å². The van der Waals surface area contributed by atoms with Gasteiger partial charge in [-0.15, -0.1) is 0 Å². The minimum absolute atomic E-state index is 0.294. The van der Waals surface area contributed by atoms with E-state index in [2.05, 4.69) is 69.2 Å². The van der Waals surface area contributed by atoms with Crippen LogP contribution in [0.5, 0.6) is 0 Å². The SMILES string of the molecule is CCO[Si](C(C)(C)CC)(C(C)(C)CC)C(C)(C)CC. The fraction of sp³-hybridized carbons (Fsp3) is 1.00. The van der Waals surface area contributed by atoms with Crippen molar-refractivity contribution in [3.63, 3.8) is 0 Å². The summed E-state index contributed by atoms with van der Waals surface area (Å²) in [6.07, 6.45) is 3.60. The molecule has 0 radical (unpaired) electrons. The maximum atomic E-state index is 6.74. The standard InChI is InChI=1S/C17H38OSi/c1-11-15(5,6)19(18-14-4,16(7,8)12-2)17(9,10)13-3/h11-14H2,1-10H3. The maximum Gasteiger partial charge on any atom is 0.209 e. The molecule has 0 rings (SSSR count). The zero-order chi connectivity index (χ0) is 15.5. The molecule has 0 unspecified atom stereocenters.